The minimum absolute atomic E-state index is 0.682. The van der Waals surface area contributed by atoms with Crippen LogP contribution in [0.4, 0.5) is 0 Å². The number of aromatic nitrogens is 1. The third-order valence-electron chi connectivity index (χ3n) is 4.21. The molecule has 0 radical (unpaired) electrons. The quantitative estimate of drug-likeness (QED) is 0.870. The number of hydrogen-bond acceptors (Lipinski definition) is 3. The average Bonchev–Trinajstić information content (AvgIpc) is 3.11. The Labute approximate surface area is 103 Å². The molecule has 2 saturated carbocycles. The van der Waals surface area contributed by atoms with Crippen molar-refractivity contribution in [3.8, 4) is 0 Å². The highest BCUT2D eigenvalue weighted by Crippen LogP contribution is 2.43. The zero-order valence-corrected chi connectivity index (χ0v) is 10.6. The van der Waals surface area contributed by atoms with Crippen LogP contribution in [-0.4, -0.2) is 11.0 Å². The molecule has 2 atom stereocenters. The van der Waals surface area contributed by atoms with Gasteiger partial charge < -0.3 is 9.73 Å². The molecule has 2 aliphatic rings. The molecular weight excluding hydrogens is 212 g/mol. The first-order valence-electron chi connectivity index (χ1n) is 6.96. The summed E-state index contributed by atoms with van der Waals surface area (Å²) in [6, 6.07) is 0.682. The Morgan fingerprint density at radius 2 is 2.18 bits per heavy atom. The molecule has 0 aliphatic heterocycles. The summed E-state index contributed by atoms with van der Waals surface area (Å²) in [7, 11) is 0. The summed E-state index contributed by atoms with van der Waals surface area (Å²) in [6.45, 7) is 2.73. The summed E-state index contributed by atoms with van der Waals surface area (Å²) in [5.41, 5.74) is 0. The number of nitrogens with zero attached hydrogens (tertiary/aromatic N) is 1. The van der Waals surface area contributed by atoms with Gasteiger partial charge in [0.1, 0.15) is 5.76 Å². The second-order valence-electron chi connectivity index (χ2n) is 5.71. The normalized spacial score (nSPS) is 29.5. The lowest BCUT2D eigenvalue weighted by Gasteiger charge is -2.29. The van der Waals surface area contributed by atoms with Gasteiger partial charge >= 0.3 is 0 Å². The Balaban J connectivity index is 1.47. The summed E-state index contributed by atoms with van der Waals surface area (Å²) in [5.74, 6) is 3.79. The molecule has 0 amide bonds. The Bertz CT molecular complexity index is 370. The SMILES string of the molecule is Cc1cnc(CNC2CCCC(C3CC3)C2)o1. The highest BCUT2D eigenvalue weighted by Gasteiger charge is 2.34. The predicted octanol–water partition coefficient (Wildman–Crippen LogP) is 3.04. The van der Waals surface area contributed by atoms with Crippen molar-refractivity contribution in [2.24, 2.45) is 11.8 Å². The van der Waals surface area contributed by atoms with E-state index in [1.807, 2.05) is 6.92 Å². The van der Waals surface area contributed by atoms with E-state index in [0.29, 0.717) is 6.04 Å². The van der Waals surface area contributed by atoms with E-state index in [1.54, 1.807) is 6.20 Å². The van der Waals surface area contributed by atoms with Gasteiger partial charge in [-0.25, -0.2) is 4.98 Å². The topological polar surface area (TPSA) is 38.1 Å². The van der Waals surface area contributed by atoms with Crippen molar-refractivity contribution in [3.63, 3.8) is 0 Å². The maximum Gasteiger partial charge on any atom is 0.208 e. The monoisotopic (exact) mass is 234 g/mol. The first-order valence-corrected chi connectivity index (χ1v) is 6.96. The molecule has 0 saturated heterocycles. The van der Waals surface area contributed by atoms with Gasteiger partial charge in [0.2, 0.25) is 5.89 Å². The van der Waals surface area contributed by atoms with Crippen LogP contribution in [0.25, 0.3) is 0 Å². The highest BCUT2D eigenvalue weighted by atomic mass is 16.4. The van der Waals surface area contributed by atoms with E-state index in [2.05, 4.69) is 10.3 Å². The van der Waals surface area contributed by atoms with Crippen molar-refractivity contribution in [1.29, 1.82) is 0 Å². The molecule has 0 bridgehead atoms. The molecule has 94 valence electrons. The van der Waals surface area contributed by atoms with Crippen LogP contribution in [0, 0.1) is 18.8 Å². The highest BCUT2D eigenvalue weighted by molar-refractivity contribution is 4.92. The van der Waals surface area contributed by atoms with Crippen LogP contribution in [0.2, 0.25) is 0 Å². The zero-order chi connectivity index (χ0) is 11.7. The largest absolute Gasteiger partial charge is 0.445 e. The molecule has 2 fully saturated rings. The third-order valence-corrected chi connectivity index (χ3v) is 4.21. The van der Waals surface area contributed by atoms with Crippen LogP contribution in [0.1, 0.15) is 50.2 Å². The molecule has 3 nitrogen and oxygen atoms in total. The maximum atomic E-state index is 5.49. The van der Waals surface area contributed by atoms with Gasteiger partial charge in [0.15, 0.2) is 0 Å². The Kier molecular flexibility index (Phi) is 3.19. The van der Waals surface area contributed by atoms with Crippen molar-refractivity contribution >= 4 is 0 Å². The number of oxazole rings is 1. The Hall–Kier alpha value is -0.830. The van der Waals surface area contributed by atoms with E-state index >= 15 is 0 Å². The third kappa shape index (κ3) is 2.89. The van der Waals surface area contributed by atoms with Crippen molar-refractivity contribution in [1.82, 2.24) is 10.3 Å². The second-order valence-corrected chi connectivity index (χ2v) is 5.71. The summed E-state index contributed by atoms with van der Waals surface area (Å²) in [6.07, 6.45) is 10.3. The van der Waals surface area contributed by atoms with Gasteiger partial charge in [-0.15, -0.1) is 0 Å². The first-order chi connectivity index (χ1) is 8.31. The summed E-state index contributed by atoms with van der Waals surface area (Å²) in [4.78, 5) is 4.24. The van der Waals surface area contributed by atoms with E-state index in [4.69, 9.17) is 4.42 Å². The van der Waals surface area contributed by atoms with Gasteiger partial charge in [-0.05, 0) is 44.4 Å². The van der Waals surface area contributed by atoms with Crippen LogP contribution in [0.15, 0.2) is 10.6 Å². The molecule has 0 spiro atoms. The minimum Gasteiger partial charge on any atom is -0.445 e. The minimum atomic E-state index is 0.682. The fraction of sp³-hybridized carbons (Fsp3) is 0.786. The summed E-state index contributed by atoms with van der Waals surface area (Å²) < 4.78 is 5.49. The van der Waals surface area contributed by atoms with E-state index in [0.717, 1.165) is 30.0 Å². The van der Waals surface area contributed by atoms with Crippen LogP contribution >= 0.6 is 0 Å². The Morgan fingerprint density at radius 3 is 2.88 bits per heavy atom. The molecule has 1 aromatic rings. The lowest BCUT2D eigenvalue weighted by molar-refractivity contribution is 0.255. The smallest absolute Gasteiger partial charge is 0.208 e. The van der Waals surface area contributed by atoms with Crippen molar-refractivity contribution in [2.45, 2.75) is 58.0 Å². The van der Waals surface area contributed by atoms with Gasteiger partial charge in [0.25, 0.3) is 0 Å². The summed E-state index contributed by atoms with van der Waals surface area (Å²) in [5, 5.41) is 3.61. The molecule has 1 aromatic heterocycles. The van der Waals surface area contributed by atoms with Crippen molar-refractivity contribution < 1.29 is 4.42 Å². The lowest BCUT2D eigenvalue weighted by Crippen LogP contribution is -2.34. The van der Waals surface area contributed by atoms with Gasteiger partial charge in [-0.2, -0.15) is 0 Å². The fourth-order valence-corrected chi connectivity index (χ4v) is 3.12. The fourth-order valence-electron chi connectivity index (χ4n) is 3.12. The zero-order valence-electron chi connectivity index (χ0n) is 10.6. The number of rotatable bonds is 4. The van der Waals surface area contributed by atoms with Crippen LogP contribution < -0.4 is 5.32 Å². The molecule has 2 unspecified atom stereocenters. The van der Waals surface area contributed by atoms with Gasteiger partial charge in [-0.1, -0.05) is 12.8 Å². The van der Waals surface area contributed by atoms with Crippen LogP contribution in [0.5, 0.6) is 0 Å². The maximum absolute atomic E-state index is 5.49. The van der Waals surface area contributed by atoms with E-state index < -0.39 is 0 Å². The van der Waals surface area contributed by atoms with Gasteiger partial charge in [-0.3, -0.25) is 0 Å². The molecule has 0 aromatic carbocycles. The second kappa shape index (κ2) is 4.81. The van der Waals surface area contributed by atoms with Gasteiger partial charge in [0, 0.05) is 6.04 Å². The lowest BCUT2D eigenvalue weighted by atomic mass is 9.83. The van der Waals surface area contributed by atoms with E-state index in [-0.39, 0.29) is 0 Å². The van der Waals surface area contributed by atoms with Crippen molar-refractivity contribution in [3.05, 3.63) is 17.8 Å². The van der Waals surface area contributed by atoms with E-state index in [1.165, 1.54) is 38.5 Å². The van der Waals surface area contributed by atoms with Crippen LogP contribution in [-0.2, 0) is 6.54 Å². The molecular formula is C14H22N2O. The first kappa shape index (κ1) is 11.3. The van der Waals surface area contributed by atoms with Gasteiger partial charge in [0.05, 0.1) is 12.7 Å². The number of nitrogens with one attached hydrogen (secondary N) is 1. The predicted molar refractivity (Wildman–Crippen MR) is 66.5 cm³/mol. The molecule has 3 rings (SSSR count). The average molecular weight is 234 g/mol. The molecule has 1 N–H and O–H groups in total. The molecule has 1 heterocycles. The van der Waals surface area contributed by atoms with E-state index in [9.17, 15) is 0 Å². The number of hydrogen-bond donors (Lipinski definition) is 1. The molecule has 17 heavy (non-hydrogen) atoms. The number of aryl methyl sites for hydroxylation is 1. The summed E-state index contributed by atoms with van der Waals surface area (Å²) >= 11 is 0. The van der Waals surface area contributed by atoms with Crippen molar-refractivity contribution in [2.75, 3.05) is 0 Å². The molecule has 3 heteroatoms. The van der Waals surface area contributed by atoms with Crippen LogP contribution in [0.3, 0.4) is 0 Å². The Morgan fingerprint density at radius 1 is 1.29 bits per heavy atom. The standard InChI is InChI=1S/C14H22N2O/c1-10-8-16-14(17-10)9-15-13-4-2-3-12(7-13)11-5-6-11/h8,11-13,15H,2-7,9H2,1H3. The molecule has 2 aliphatic carbocycles.